The number of benzene rings is 2. The van der Waals surface area contributed by atoms with E-state index in [1.54, 1.807) is 18.0 Å². The molecule has 0 aliphatic rings. The SMILES string of the molecule is Cc1ccc(Sc2ccc(/C=N\NC(N)=O)cc2)cc1. The lowest BCUT2D eigenvalue weighted by Gasteiger charge is -2.02. The molecule has 0 radical (unpaired) electrons. The molecule has 2 aromatic carbocycles. The number of aryl methyl sites for hydroxylation is 1. The van der Waals surface area contributed by atoms with Crippen LogP contribution in [0.1, 0.15) is 11.1 Å². The lowest BCUT2D eigenvalue weighted by atomic mass is 10.2. The van der Waals surface area contributed by atoms with Crippen molar-refractivity contribution >= 4 is 24.0 Å². The second kappa shape index (κ2) is 6.77. The third-order valence-corrected chi connectivity index (χ3v) is 3.54. The van der Waals surface area contributed by atoms with Crippen molar-refractivity contribution in [1.82, 2.24) is 5.43 Å². The molecule has 2 aromatic rings. The van der Waals surface area contributed by atoms with E-state index in [0.29, 0.717) is 0 Å². The van der Waals surface area contributed by atoms with Crippen molar-refractivity contribution in [2.75, 3.05) is 0 Å². The largest absolute Gasteiger partial charge is 0.350 e. The Morgan fingerprint density at radius 3 is 2.20 bits per heavy atom. The van der Waals surface area contributed by atoms with E-state index in [-0.39, 0.29) is 0 Å². The van der Waals surface area contributed by atoms with Crippen molar-refractivity contribution in [3.8, 4) is 0 Å². The van der Waals surface area contributed by atoms with Gasteiger partial charge in [0.15, 0.2) is 0 Å². The van der Waals surface area contributed by atoms with Crippen LogP contribution in [-0.4, -0.2) is 12.2 Å². The van der Waals surface area contributed by atoms with Crippen molar-refractivity contribution < 1.29 is 4.79 Å². The fraction of sp³-hybridized carbons (Fsp3) is 0.0667. The first-order valence-electron chi connectivity index (χ1n) is 6.06. The number of nitrogens with zero attached hydrogens (tertiary/aromatic N) is 1. The van der Waals surface area contributed by atoms with Gasteiger partial charge in [0.2, 0.25) is 0 Å². The molecule has 20 heavy (non-hydrogen) atoms. The molecule has 0 bridgehead atoms. The molecule has 5 heteroatoms. The first-order valence-corrected chi connectivity index (χ1v) is 6.88. The maximum Gasteiger partial charge on any atom is 0.332 e. The summed E-state index contributed by atoms with van der Waals surface area (Å²) in [6, 6.07) is 15.6. The summed E-state index contributed by atoms with van der Waals surface area (Å²) in [5.74, 6) is 0. The number of amides is 2. The molecule has 4 nitrogen and oxygen atoms in total. The smallest absolute Gasteiger partial charge is 0.332 e. The second-order valence-corrected chi connectivity index (χ2v) is 5.37. The predicted octanol–water partition coefficient (Wildman–Crippen LogP) is 3.15. The summed E-state index contributed by atoms with van der Waals surface area (Å²) < 4.78 is 0. The first kappa shape index (κ1) is 14.1. The topological polar surface area (TPSA) is 67.5 Å². The second-order valence-electron chi connectivity index (χ2n) is 4.22. The fourth-order valence-corrected chi connectivity index (χ4v) is 2.35. The molecule has 0 spiro atoms. The predicted molar refractivity (Wildman–Crippen MR) is 82.1 cm³/mol. The van der Waals surface area contributed by atoms with E-state index in [1.165, 1.54) is 10.5 Å². The van der Waals surface area contributed by atoms with Gasteiger partial charge in [-0.05, 0) is 36.8 Å². The fourth-order valence-electron chi connectivity index (χ4n) is 1.53. The molecule has 2 amide bonds. The van der Waals surface area contributed by atoms with E-state index in [9.17, 15) is 4.79 Å². The molecule has 0 aliphatic heterocycles. The van der Waals surface area contributed by atoms with Crippen LogP contribution < -0.4 is 11.2 Å². The molecule has 0 saturated heterocycles. The van der Waals surface area contributed by atoms with Crippen molar-refractivity contribution in [2.24, 2.45) is 10.8 Å². The highest BCUT2D eigenvalue weighted by atomic mass is 32.2. The lowest BCUT2D eigenvalue weighted by molar-refractivity contribution is 0.249. The number of urea groups is 1. The van der Waals surface area contributed by atoms with Crippen molar-refractivity contribution in [1.29, 1.82) is 0 Å². The third kappa shape index (κ3) is 4.44. The Morgan fingerprint density at radius 2 is 1.65 bits per heavy atom. The highest BCUT2D eigenvalue weighted by Gasteiger charge is 1.97. The number of hydrogen-bond donors (Lipinski definition) is 2. The van der Waals surface area contributed by atoms with E-state index >= 15 is 0 Å². The normalized spacial score (nSPS) is 10.7. The molecule has 102 valence electrons. The number of hydrogen-bond acceptors (Lipinski definition) is 3. The number of primary amides is 1. The van der Waals surface area contributed by atoms with Crippen LogP contribution in [0.25, 0.3) is 0 Å². The number of nitrogens with two attached hydrogens (primary N) is 1. The highest BCUT2D eigenvalue weighted by Crippen LogP contribution is 2.27. The van der Waals surface area contributed by atoms with E-state index in [1.807, 2.05) is 24.3 Å². The summed E-state index contributed by atoms with van der Waals surface area (Å²) in [5, 5.41) is 3.71. The Balaban J connectivity index is 1.99. The maximum atomic E-state index is 10.5. The minimum Gasteiger partial charge on any atom is -0.350 e. The molecular weight excluding hydrogens is 270 g/mol. The summed E-state index contributed by atoms with van der Waals surface area (Å²) in [6.07, 6.45) is 1.55. The monoisotopic (exact) mass is 285 g/mol. The average Bonchev–Trinajstić information content (AvgIpc) is 2.43. The zero-order valence-electron chi connectivity index (χ0n) is 11.0. The highest BCUT2D eigenvalue weighted by molar-refractivity contribution is 7.99. The number of rotatable bonds is 4. The number of carbonyl (C=O) groups excluding carboxylic acids is 1. The quantitative estimate of drug-likeness (QED) is 0.669. The van der Waals surface area contributed by atoms with Crippen LogP contribution in [-0.2, 0) is 0 Å². The molecular formula is C15H15N3OS. The first-order chi connectivity index (χ1) is 9.63. The van der Waals surface area contributed by atoms with E-state index in [0.717, 1.165) is 10.5 Å². The average molecular weight is 285 g/mol. The maximum absolute atomic E-state index is 10.5. The van der Waals surface area contributed by atoms with Gasteiger partial charge >= 0.3 is 6.03 Å². The Labute approximate surface area is 122 Å². The van der Waals surface area contributed by atoms with Gasteiger partial charge in [-0.3, -0.25) is 0 Å². The van der Waals surface area contributed by atoms with Gasteiger partial charge in [-0.2, -0.15) is 5.10 Å². The summed E-state index contributed by atoms with van der Waals surface area (Å²) in [6.45, 7) is 2.07. The summed E-state index contributed by atoms with van der Waals surface area (Å²) >= 11 is 1.70. The van der Waals surface area contributed by atoms with Gasteiger partial charge in [-0.25, -0.2) is 10.2 Å². The van der Waals surface area contributed by atoms with Crippen molar-refractivity contribution in [2.45, 2.75) is 16.7 Å². The molecule has 2 rings (SSSR count). The van der Waals surface area contributed by atoms with Crippen LogP contribution in [0.15, 0.2) is 63.4 Å². The molecule has 3 N–H and O–H groups in total. The molecule has 0 saturated carbocycles. The van der Waals surface area contributed by atoms with Crippen molar-refractivity contribution in [3.05, 3.63) is 59.7 Å². The Bertz CT molecular complexity index is 606. The number of carbonyl (C=O) groups is 1. The number of hydrazone groups is 1. The molecule has 0 aromatic heterocycles. The zero-order valence-corrected chi connectivity index (χ0v) is 11.9. The Hall–Kier alpha value is -2.27. The van der Waals surface area contributed by atoms with Gasteiger partial charge < -0.3 is 5.73 Å². The third-order valence-electron chi connectivity index (χ3n) is 2.53. The summed E-state index contributed by atoms with van der Waals surface area (Å²) in [5.41, 5.74) is 9.21. The van der Waals surface area contributed by atoms with E-state index in [4.69, 9.17) is 5.73 Å². The van der Waals surface area contributed by atoms with Gasteiger partial charge in [-0.15, -0.1) is 0 Å². The molecule has 0 unspecified atom stereocenters. The van der Waals surface area contributed by atoms with E-state index < -0.39 is 6.03 Å². The van der Waals surface area contributed by atoms with Gasteiger partial charge in [0.25, 0.3) is 0 Å². The van der Waals surface area contributed by atoms with E-state index in [2.05, 4.69) is 41.7 Å². The minimum absolute atomic E-state index is 0.673. The van der Waals surface area contributed by atoms with Gasteiger partial charge in [0.1, 0.15) is 0 Å². The van der Waals surface area contributed by atoms with Crippen LogP contribution >= 0.6 is 11.8 Å². The van der Waals surface area contributed by atoms with Crippen LogP contribution in [0, 0.1) is 6.92 Å². The van der Waals surface area contributed by atoms with Crippen LogP contribution in [0.4, 0.5) is 4.79 Å². The van der Waals surface area contributed by atoms with Gasteiger partial charge in [0.05, 0.1) is 6.21 Å². The lowest BCUT2D eigenvalue weighted by Crippen LogP contribution is -2.24. The van der Waals surface area contributed by atoms with Gasteiger partial charge in [-0.1, -0.05) is 41.6 Å². The Morgan fingerprint density at radius 1 is 1.10 bits per heavy atom. The molecule has 0 aliphatic carbocycles. The standard InChI is InChI=1S/C15H15N3OS/c1-11-2-6-13(7-3-11)20-14-8-4-12(5-9-14)10-17-18-15(16)19/h2-10H,1H3,(H3,16,18,19)/b17-10-. The van der Waals surface area contributed by atoms with Crippen LogP contribution in [0.5, 0.6) is 0 Å². The molecule has 0 atom stereocenters. The minimum atomic E-state index is -0.673. The summed E-state index contributed by atoms with van der Waals surface area (Å²) in [7, 11) is 0. The molecule has 0 fully saturated rings. The molecule has 0 heterocycles. The van der Waals surface area contributed by atoms with Crippen LogP contribution in [0.2, 0.25) is 0 Å². The van der Waals surface area contributed by atoms with Crippen LogP contribution in [0.3, 0.4) is 0 Å². The summed E-state index contributed by atoms with van der Waals surface area (Å²) in [4.78, 5) is 12.8. The Kier molecular flexibility index (Phi) is 4.79. The zero-order chi connectivity index (χ0) is 14.4. The van der Waals surface area contributed by atoms with Gasteiger partial charge in [0, 0.05) is 9.79 Å². The van der Waals surface area contributed by atoms with Crippen molar-refractivity contribution in [3.63, 3.8) is 0 Å². The number of nitrogens with one attached hydrogen (secondary N) is 1.